The Bertz CT molecular complexity index is 535. The van der Waals surface area contributed by atoms with Crippen molar-refractivity contribution in [3.05, 3.63) is 50.6 Å². The van der Waals surface area contributed by atoms with Crippen molar-refractivity contribution < 1.29 is 9.53 Å². The number of hydrogen-bond acceptors (Lipinski definition) is 3. The summed E-state index contributed by atoms with van der Waals surface area (Å²) in [5.41, 5.74) is 2.10. The van der Waals surface area contributed by atoms with E-state index in [1.54, 1.807) is 18.4 Å². The second-order valence-electron chi connectivity index (χ2n) is 3.99. The number of rotatable bonds is 5. The fraction of sp³-hybridized carbons (Fsp3) is 0.214. The van der Waals surface area contributed by atoms with Gasteiger partial charge in [-0.05, 0) is 56.0 Å². The fourth-order valence-electron chi connectivity index (χ4n) is 1.73. The minimum absolute atomic E-state index is 0.227. The summed E-state index contributed by atoms with van der Waals surface area (Å²) in [5, 5.41) is 4.01. The normalized spacial score (nSPS) is 10.3. The molecule has 0 spiro atoms. The molecule has 4 heteroatoms. The van der Waals surface area contributed by atoms with Gasteiger partial charge >= 0.3 is 0 Å². The highest BCUT2D eigenvalue weighted by Gasteiger charge is 2.07. The van der Waals surface area contributed by atoms with Gasteiger partial charge in [0.2, 0.25) is 0 Å². The Labute approximate surface area is 119 Å². The third-order valence-electron chi connectivity index (χ3n) is 2.60. The standard InChI is InChI=1S/C14H13BrO2S/c1-17-14-3-2-10(8-13(14)15)6-12(16)7-11-4-5-18-9-11/h2-5,8-9H,6-7H2,1H3. The van der Waals surface area contributed by atoms with Crippen LogP contribution < -0.4 is 4.74 Å². The molecule has 0 unspecified atom stereocenters. The highest BCUT2D eigenvalue weighted by molar-refractivity contribution is 9.10. The third kappa shape index (κ3) is 3.43. The van der Waals surface area contributed by atoms with E-state index in [9.17, 15) is 4.79 Å². The lowest BCUT2D eigenvalue weighted by Crippen LogP contribution is -2.06. The van der Waals surface area contributed by atoms with Crippen LogP contribution in [0.5, 0.6) is 5.75 Å². The molecule has 18 heavy (non-hydrogen) atoms. The van der Waals surface area contributed by atoms with Crippen molar-refractivity contribution in [3.8, 4) is 5.75 Å². The zero-order valence-electron chi connectivity index (χ0n) is 9.98. The first-order valence-electron chi connectivity index (χ1n) is 5.54. The minimum Gasteiger partial charge on any atom is -0.496 e. The summed E-state index contributed by atoms with van der Waals surface area (Å²) >= 11 is 5.04. The summed E-state index contributed by atoms with van der Waals surface area (Å²) in [5.74, 6) is 1.01. The molecule has 0 aliphatic rings. The highest BCUT2D eigenvalue weighted by atomic mass is 79.9. The van der Waals surface area contributed by atoms with Crippen molar-refractivity contribution in [2.75, 3.05) is 7.11 Å². The van der Waals surface area contributed by atoms with Crippen molar-refractivity contribution in [2.45, 2.75) is 12.8 Å². The van der Waals surface area contributed by atoms with E-state index in [0.29, 0.717) is 12.8 Å². The number of carbonyl (C=O) groups excluding carboxylic acids is 1. The van der Waals surface area contributed by atoms with Crippen LogP contribution in [-0.2, 0) is 17.6 Å². The van der Waals surface area contributed by atoms with Gasteiger partial charge in [0, 0.05) is 12.8 Å². The first-order valence-corrected chi connectivity index (χ1v) is 7.28. The number of benzene rings is 1. The first-order chi connectivity index (χ1) is 8.69. The van der Waals surface area contributed by atoms with Crippen molar-refractivity contribution in [3.63, 3.8) is 0 Å². The molecule has 0 amide bonds. The monoisotopic (exact) mass is 324 g/mol. The van der Waals surface area contributed by atoms with Crippen LogP contribution in [0.15, 0.2) is 39.5 Å². The molecule has 0 saturated heterocycles. The molecule has 0 N–H and O–H groups in total. The second-order valence-corrected chi connectivity index (χ2v) is 5.63. The number of carbonyl (C=O) groups is 1. The van der Waals surface area contributed by atoms with Gasteiger partial charge in [-0.1, -0.05) is 6.07 Å². The van der Waals surface area contributed by atoms with Gasteiger partial charge in [0.25, 0.3) is 0 Å². The molecular formula is C14H13BrO2S. The number of Topliss-reactive ketones (excluding diaryl/α,β-unsaturated/α-hetero) is 1. The Morgan fingerprint density at radius 3 is 2.67 bits per heavy atom. The summed E-state index contributed by atoms with van der Waals surface area (Å²) in [6.07, 6.45) is 0.964. The van der Waals surface area contributed by atoms with Crippen LogP contribution in [0.4, 0.5) is 0 Å². The van der Waals surface area contributed by atoms with Gasteiger partial charge in [-0.2, -0.15) is 11.3 Å². The lowest BCUT2D eigenvalue weighted by Gasteiger charge is -2.05. The molecular weight excluding hydrogens is 312 g/mol. The predicted octanol–water partition coefficient (Wildman–Crippen LogP) is 3.87. The van der Waals surface area contributed by atoms with Crippen LogP contribution in [0.2, 0.25) is 0 Å². The van der Waals surface area contributed by atoms with Gasteiger partial charge in [0.15, 0.2) is 0 Å². The largest absolute Gasteiger partial charge is 0.496 e. The number of hydrogen-bond donors (Lipinski definition) is 0. The molecule has 1 heterocycles. The van der Waals surface area contributed by atoms with Gasteiger partial charge in [0.05, 0.1) is 11.6 Å². The van der Waals surface area contributed by atoms with E-state index in [4.69, 9.17) is 4.74 Å². The zero-order chi connectivity index (χ0) is 13.0. The molecule has 2 aromatic rings. The number of thiophene rings is 1. The third-order valence-corrected chi connectivity index (χ3v) is 3.95. The Hall–Kier alpha value is -1.13. The van der Waals surface area contributed by atoms with E-state index in [1.165, 1.54) is 0 Å². The summed E-state index contributed by atoms with van der Waals surface area (Å²) < 4.78 is 6.04. The van der Waals surface area contributed by atoms with Crippen LogP contribution in [-0.4, -0.2) is 12.9 Å². The maximum atomic E-state index is 11.9. The predicted molar refractivity (Wildman–Crippen MR) is 77.4 cm³/mol. The number of ether oxygens (including phenoxy) is 1. The Kier molecular flexibility index (Phi) is 4.55. The average Bonchev–Trinajstić information content (AvgIpc) is 2.82. The quantitative estimate of drug-likeness (QED) is 0.834. The Morgan fingerprint density at radius 1 is 1.28 bits per heavy atom. The molecule has 0 aliphatic carbocycles. The van der Waals surface area contributed by atoms with Gasteiger partial charge in [-0.3, -0.25) is 4.79 Å². The van der Waals surface area contributed by atoms with Crippen LogP contribution in [0.3, 0.4) is 0 Å². The van der Waals surface area contributed by atoms with E-state index < -0.39 is 0 Å². The number of ketones is 1. The maximum absolute atomic E-state index is 11.9. The highest BCUT2D eigenvalue weighted by Crippen LogP contribution is 2.25. The molecule has 0 saturated carbocycles. The Morgan fingerprint density at radius 2 is 2.06 bits per heavy atom. The molecule has 1 aromatic heterocycles. The second kappa shape index (κ2) is 6.16. The molecule has 0 fully saturated rings. The molecule has 0 aliphatic heterocycles. The smallest absolute Gasteiger partial charge is 0.141 e. The van der Waals surface area contributed by atoms with Gasteiger partial charge in [-0.25, -0.2) is 0 Å². The van der Waals surface area contributed by atoms with Crippen LogP contribution in [0.1, 0.15) is 11.1 Å². The van der Waals surface area contributed by atoms with Gasteiger partial charge in [-0.15, -0.1) is 0 Å². The minimum atomic E-state index is 0.227. The summed E-state index contributed by atoms with van der Waals surface area (Å²) in [4.78, 5) is 11.9. The van der Waals surface area contributed by atoms with E-state index >= 15 is 0 Å². The van der Waals surface area contributed by atoms with Crippen LogP contribution >= 0.6 is 27.3 Å². The van der Waals surface area contributed by atoms with E-state index in [-0.39, 0.29) is 5.78 Å². The lowest BCUT2D eigenvalue weighted by atomic mass is 10.0. The molecule has 2 rings (SSSR count). The Balaban J connectivity index is 2.01. The molecule has 2 nitrogen and oxygen atoms in total. The SMILES string of the molecule is COc1ccc(CC(=O)Cc2ccsc2)cc1Br. The molecule has 0 bridgehead atoms. The molecule has 0 radical (unpaired) electrons. The maximum Gasteiger partial charge on any atom is 0.141 e. The van der Waals surface area contributed by atoms with Gasteiger partial charge in [0.1, 0.15) is 11.5 Å². The molecule has 1 aromatic carbocycles. The van der Waals surface area contributed by atoms with Crippen molar-refractivity contribution in [1.29, 1.82) is 0 Å². The first kappa shape index (κ1) is 13.3. The zero-order valence-corrected chi connectivity index (χ0v) is 12.4. The van der Waals surface area contributed by atoms with E-state index in [2.05, 4.69) is 15.9 Å². The number of halogens is 1. The van der Waals surface area contributed by atoms with E-state index in [1.807, 2.05) is 35.0 Å². The average molecular weight is 325 g/mol. The molecule has 0 atom stereocenters. The number of methoxy groups -OCH3 is 1. The summed E-state index contributed by atoms with van der Waals surface area (Å²) in [6, 6.07) is 7.73. The van der Waals surface area contributed by atoms with Crippen molar-refractivity contribution >= 4 is 33.0 Å². The van der Waals surface area contributed by atoms with Gasteiger partial charge < -0.3 is 4.74 Å². The fourth-order valence-corrected chi connectivity index (χ4v) is 2.99. The topological polar surface area (TPSA) is 26.3 Å². The lowest BCUT2D eigenvalue weighted by molar-refractivity contribution is -0.117. The van der Waals surface area contributed by atoms with Crippen LogP contribution in [0, 0.1) is 0 Å². The summed E-state index contributed by atoms with van der Waals surface area (Å²) in [6.45, 7) is 0. The van der Waals surface area contributed by atoms with Crippen LogP contribution in [0.25, 0.3) is 0 Å². The van der Waals surface area contributed by atoms with Crippen molar-refractivity contribution in [2.24, 2.45) is 0 Å². The van der Waals surface area contributed by atoms with Crippen molar-refractivity contribution in [1.82, 2.24) is 0 Å². The summed E-state index contributed by atoms with van der Waals surface area (Å²) in [7, 11) is 1.63. The van der Waals surface area contributed by atoms with E-state index in [0.717, 1.165) is 21.3 Å². The molecule has 94 valence electrons.